The van der Waals surface area contributed by atoms with Crippen molar-refractivity contribution in [3.8, 4) is 0 Å². The van der Waals surface area contributed by atoms with Crippen LogP contribution >= 0.6 is 0 Å². The number of rotatable bonds is 6. The highest BCUT2D eigenvalue weighted by Crippen LogP contribution is 2.33. The molecule has 1 aromatic rings. The number of piperidine rings is 2. The van der Waals surface area contributed by atoms with Gasteiger partial charge in [0.2, 0.25) is 11.8 Å². The maximum absolute atomic E-state index is 14.9. The average Bonchev–Trinajstić information content (AvgIpc) is 2.77. The summed E-state index contributed by atoms with van der Waals surface area (Å²) in [7, 11) is 0. The summed E-state index contributed by atoms with van der Waals surface area (Å²) in [5.74, 6) is 0.944. The van der Waals surface area contributed by atoms with Crippen LogP contribution in [0.1, 0.15) is 62.8 Å². The van der Waals surface area contributed by atoms with Crippen molar-refractivity contribution in [1.82, 2.24) is 10.2 Å². The van der Waals surface area contributed by atoms with Crippen molar-refractivity contribution < 1.29 is 14.0 Å². The number of hydrogen-bond donors (Lipinski definition) is 3. The molecule has 7 heteroatoms. The number of imide groups is 1. The van der Waals surface area contributed by atoms with Crippen LogP contribution in [0.15, 0.2) is 18.2 Å². The third kappa shape index (κ3) is 5.63. The molecule has 0 aromatic heterocycles. The van der Waals surface area contributed by atoms with Gasteiger partial charge in [-0.05, 0) is 100 Å². The molecule has 4 N–H and O–H groups in total. The summed E-state index contributed by atoms with van der Waals surface area (Å²) in [6.07, 6.45) is 7.81. The first kappa shape index (κ1) is 22.2. The van der Waals surface area contributed by atoms with Crippen LogP contribution < -0.4 is 16.4 Å². The Morgan fingerprint density at radius 3 is 2.39 bits per heavy atom. The number of nitrogens with two attached hydrogens (primary N) is 1. The number of carbonyl (C=O) groups is 2. The Kier molecular flexibility index (Phi) is 7.23. The van der Waals surface area contributed by atoms with E-state index in [0.717, 1.165) is 49.9 Å². The van der Waals surface area contributed by atoms with Gasteiger partial charge >= 0.3 is 0 Å². The fourth-order valence-electron chi connectivity index (χ4n) is 5.42. The number of nitrogens with one attached hydrogen (secondary N) is 2. The molecular formula is C24H35FN4O2. The molecule has 1 atom stereocenters. The predicted octanol–water partition coefficient (Wildman–Crippen LogP) is 2.99. The normalized spacial score (nSPS) is 28.4. The van der Waals surface area contributed by atoms with Gasteiger partial charge in [0, 0.05) is 18.7 Å². The zero-order valence-corrected chi connectivity index (χ0v) is 18.2. The summed E-state index contributed by atoms with van der Waals surface area (Å²) in [5.41, 5.74) is 7.17. The molecule has 1 aliphatic carbocycles. The highest BCUT2D eigenvalue weighted by molar-refractivity contribution is 6.01. The molecule has 31 heavy (non-hydrogen) atoms. The Hall–Kier alpha value is -1.99. The molecule has 3 fully saturated rings. The van der Waals surface area contributed by atoms with Crippen molar-refractivity contribution in [2.24, 2.45) is 17.6 Å². The van der Waals surface area contributed by atoms with E-state index in [0.29, 0.717) is 18.5 Å². The average molecular weight is 431 g/mol. The largest absolute Gasteiger partial charge is 0.374 e. The minimum atomic E-state index is -0.494. The maximum Gasteiger partial charge on any atom is 0.249 e. The molecule has 2 heterocycles. The number of hydrogen-bond acceptors (Lipinski definition) is 5. The second-order valence-corrected chi connectivity index (χ2v) is 9.58. The van der Waals surface area contributed by atoms with Crippen LogP contribution in [0.25, 0.3) is 0 Å². The van der Waals surface area contributed by atoms with Crippen LogP contribution in [0, 0.1) is 17.7 Å². The number of likely N-dealkylation sites (tertiary alicyclic amines) is 1. The molecule has 0 bridgehead atoms. The number of benzene rings is 1. The van der Waals surface area contributed by atoms with Gasteiger partial charge < -0.3 is 16.0 Å². The highest BCUT2D eigenvalue weighted by atomic mass is 19.1. The predicted molar refractivity (Wildman–Crippen MR) is 119 cm³/mol. The quantitative estimate of drug-likeness (QED) is 0.604. The van der Waals surface area contributed by atoms with Crippen LogP contribution in [-0.2, 0) is 9.59 Å². The zero-order valence-electron chi connectivity index (χ0n) is 18.2. The van der Waals surface area contributed by atoms with Crippen LogP contribution in [0.5, 0.6) is 0 Å². The van der Waals surface area contributed by atoms with E-state index in [4.69, 9.17) is 5.73 Å². The topological polar surface area (TPSA) is 87.5 Å². The lowest BCUT2D eigenvalue weighted by Gasteiger charge is -2.36. The fourth-order valence-corrected chi connectivity index (χ4v) is 5.42. The van der Waals surface area contributed by atoms with E-state index in [1.54, 1.807) is 0 Å². The van der Waals surface area contributed by atoms with E-state index in [-0.39, 0.29) is 23.5 Å². The molecule has 170 valence electrons. The van der Waals surface area contributed by atoms with Crippen molar-refractivity contribution in [1.29, 1.82) is 0 Å². The minimum Gasteiger partial charge on any atom is -0.374 e. The van der Waals surface area contributed by atoms with Crippen molar-refractivity contribution in [2.75, 3.05) is 31.5 Å². The molecule has 2 aliphatic heterocycles. The number of amides is 2. The lowest BCUT2D eigenvalue weighted by Crippen LogP contribution is -2.47. The monoisotopic (exact) mass is 430 g/mol. The minimum absolute atomic E-state index is 0.212. The molecular weight excluding hydrogens is 395 g/mol. The fraction of sp³-hybridized carbons (Fsp3) is 0.667. The van der Waals surface area contributed by atoms with Gasteiger partial charge in [-0.1, -0.05) is 6.07 Å². The van der Waals surface area contributed by atoms with Crippen molar-refractivity contribution >= 4 is 17.5 Å². The van der Waals surface area contributed by atoms with Crippen molar-refractivity contribution in [3.05, 3.63) is 29.6 Å². The van der Waals surface area contributed by atoms with E-state index in [1.807, 2.05) is 12.1 Å². The Labute approximate surface area is 184 Å². The summed E-state index contributed by atoms with van der Waals surface area (Å²) in [5, 5.41) is 5.38. The Morgan fingerprint density at radius 1 is 1.03 bits per heavy atom. The zero-order chi connectivity index (χ0) is 21.8. The lowest BCUT2D eigenvalue weighted by atomic mass is 9.81. The van der Waals surface area contributed by atoms with Crippen LogP contribution in [0.2, 0.25) is 0 Å². The molecule has 1 unspecified atom stereocenters. The van der Waals surface area contributed by atoms with E-state index >= 15 is 0 Å². The number of nitrogens with zero attached hydrogens (tertiary/aromatic N) is 1. The van der Waals surface area contributed by atoms with E-state index in [9.17, 15) is 14.0 Å². The van der Waals surface area contributed by atoms with Crippen LogP contribution in [0.3, 0.4) is 0 Å². The summed E-state index contributed by atoms with van der Waals surface area (Å²) < 4.78 is 14.9. The van der Waals surface area contributed by atoms with Gasteiger partial charge in [-0.15, -0.1) is 0 Å². The lowest BCUT2D eigenvalue weighted by molar-refractivity contribution is -0.133. The van der Waals surface area contributed by atoms with Gasteiger partial charge in [-0.25, -0.2) is 4.39 Å². The molecule has 3 aliphatic rings. The van der Waals surface area contributed by atoms with E-state index in [2.05, 4.69) is 15.5 Å². The molecule has 1 aromatic carbocycles. The second kappa shape index (κ2) is 10.1. The molecule has 0 radical (unpaired) electrons. The third-order valence-corrected chi connectivity index (χ3v) is 7.42. The van der Waals surface area contributed by atoms with Gasteiger partial charge in [0.1, 0.15) is 11.9 Å². The Morgan fingerprint density at radius 2 is 1.74 bits per heavy atom. The summed E-state index contributed by atoms with van der Waals surface area (Å²) in [4.78, 5) is 25.7. The first-order valence-electron chi connectivity index (χ1n) is 11.8. The first-order valence-corrected chi connectivity index (χ1v) is 11.8. The second-order valence-electron chi connectivity index (χ2n) is 9.58. The Balaban J connectivity index is 1.27. The maximum atomic E-state index is 14.9. The molecule has 6 nitrogen and oxygen atoms in total. The Bertz CT molecular complexity index is 786. The molecule has 4 rings (SSSR count). The van der Waals surface area contributed by atoms with Crippen LogP contribution in [-0.4, -0.2) is 48.9 Å². The van der Waals surface area contributed by atoms with Gasteiger partial charge in [0.25, 0.3) is 0 Å². The van der Waals surface area contributed by atoms with Gasteiger partial charge in [0.05, 0.1) is 0 Å². The van der Waals surface area contributed by atoms with E-state index in [1.165, 1.54) is 38.3 Å². The molecule has 2 saturated heterocycles. The van der Waals surface area contributed by atoms with Crippen molar-refractivity contribution in [3.63, 3.8) is 0 Å². The SMILES string of the molecule is NCC1CCC(CN2CCC(c3ccc(NC4CCC(=O)NC4=O)cc3F)CC2)CC1. The molecule has 2 amide bonds. The highest BCUT2D eigenvalue weighted by Gasteiger charge is 2.28. The van der Waals surface area contributed by atoms with E-state index < -0.39 is 6.04 Å². The summed E-state index contributed by atoms with van der Waals surface area (Å²) in [6, 6.07) is 4.70. The standard InChI is InChI=1S/C24H35FN4O2/c25-21-13-19(27-22-7-8-23(30)28-24(22)31)5-6-20(21)18-9-11-29(12-10-18)15-17-3-1-16(14-26)2-4-17/h5-6,13,16-18,22,27H,1-4,7-12,14-15,26H2,(H,28,30,31). The molecule has 1 saturated carbocycles. The molecule has 0 spiro atoms. The number of halogens is 1. The number of carbonyl (C=O) groups excluding carboxylic acids is 2. The third-order valence-electron chi connectivity index (χ3n) is 7.42. The van der Waals surface area contributed by atoms with Gasteiger partial charge in [0.15, 0.2) is 0 Å². The summed E-state index contributed by atoms with van der Waals surface area (Å²) >= 11 is 0. The smallest absolute Gasteiger partial charge is 0.249 e. The first-order chi connectivity index (χ1) is 15.0. The van der Waals surface area contributed by atoms with Crippen LogP contribution in [0.4, 0.5) is 10.1 Å². The van der Waals surface area contributed by atoms with Gasteiger partial charge in [-0.3, -0.25) is 14.9 Å². The summed E-state index contributed by atoms with van der Waals surface area (Å²) in [6.45, 7) is 4.04. The van der Waals surface area contributed by atoms with Gasteiger partial charge in [-0.2, -0.15) is 0 Å². The van der Waals surface area contributed by atoms with Crippen molar-refractivity contribution in [2.45, 2.75) is 63.3 Å². The number of anilines is 1.